The van der Waals surface area contributed by atoms with Gasteiger partial charge in [0.1, 0.15) is 11.6 Å². The van der Waals surface area contributed by atoms with Crippen molar-refractivity contribution in [1.29, 1.82) is 0 Å². The lowest BCUT2D eigenvalue weighted by Crippen LogP contribution is -1.98. The summed E-state index contributed by atoms with van der Waals surface area (Å²) in [6.07, 6.45) is 1.73. The molecule has 0 aliphatic carbocycles. The van der Waals surface area contributed by atoms with Gasteiger partial charge in [-0.1, -0.05) is 5.10 Å². The topological polar surface area (TPSA) is 84.1 Å². The van der Waals surface area contributed by atoms with Crippen LogP contribution in [0.15, 0.2) is 16.0 Å². The molecule has 0 fully saturated rings. The molecule has 14 heavy (non-hydrogen) atoms. The van der Waals surface area contributed by atoms with E-state index >= 15 is 0 Å². The third-order valence-electron chi connectivity index (χ3n) is 1.48. The molecule has 0 unspecified atom stereocenters. The van der Waals surface area contributed by atoms with Crippen molar-refractivity contribution in [3.8, 4) is 0 Å². The van der Waals surface area contributed by atoms with Crippen LogP contribution in [0.4, 0.5) is 6.01 Å². The molecule has 7 heteroatoms. The Bertz CT molecular complexity index is 386. The second kappa shape index (κ2) is 4.16. The van der Waals surface area contributed by atoms with Crippen LogP contribution in [-0.4, -0.2) is 20.3 Å². The van der Waals surface area contributed by atoms with E-state index in [4.69, 9.17) is 9.52 Å². The summed E-state index contributed by atoms with van der Waals surface area (Å²) < 4.78 is 5.02. The first-order valence-corrected chi connectivity index (χ1v) is 4.82. The largest absolute Gasteiger partial charge is 0.406 e. The minimum absolute atomic E-state index is 0.201. The highest BCUT2D eigenvalue weighted by Gasteiger charge is 2.04. The minimum atomic E-state index is -0.244. The number of nitrogens with one attached hydrogen (secondary N) is 1. The van der Waals surface area contributed by atoms with E-state index in [0.29, 0.717) is 12.6 Å². The molecule has 0 saturated heterocycles. The fourth-order valence-corrected chi connectivity index (χ4v) is 1.44. The molecule has 74 valence electrons. The lowest BCUT2D eigenvalue weighted by Gasteiger charge is -1.95. The second-order valence-electron chi connectivity index (χ2n) is 2.44. The smallest absolute Gasteiger partial charge is 0.315 e. The molecule has 0 aliphatic heterocycles. The summed E-state index contributed by atoms with van der Waals surface area (Å²) in [5, 5.41) is 21.7. The molecular formula is C7H8N4O2S. The first-order chi connectivity index (χ1) is 6.88. The molecule has 0 aliphatic rings. The van der Waals surface area contributed by atoms with Crippen molar-refractivity contribution in [2.75, 3.05) is 5.32 Å². The van der Waals surface area contributed by atoms with Gasteiger partial charge in [0.15, 0.2) is 0 Å². The zero-order valence-electron chi connectivity index (χ0n) is 7.17. The number of aliphatic hydroxyl groups is 1. The van der Waals surface area contributed by atoms with E-state index in [9.17, 15) is 0 Å². The van der Waals surface area contributed by atoms with Crippen LogP contribution in [-0.2, 0) is 13.2 Å². The second-order valence-corrected chi connectivity index (χ2v) is 3.42. The van der Waals surface area contributed by atoms with Crippen LogP contribution < -0.4 is 5.32 Å². The van der Waals surface area contributed by atoms with Gasteiger partial charge >= 0.3 is 6.01 Å². The summed E-state index contributed by atoms with van der Waals surface area (Å²) >= 11 is 1.54. The van der Waals surface area contributed by atoms with Crippen molar-refractivity contribution in [3.05, 3.63) is 22.5 Å². The van der Waals surface area contributed by atoms with E-state index in [-0.39, 0.29) is 12.5 Å². The van der Waals surface area contributed by atoms with Crippen LogP contribution in [0, 0.1) is 0 Å². The first-order valence-electron chi connectivity index (χ1n) is 3.94. The third kappa shape index (κ3) is 2.06. The van der Waals surface area contributed by atoms with E-state index in [1.165, 1.54) is 0 Å². The molecule has 0 bridgehead atoms. The molecule has 2 heterocycles. The van der Waals surface area contributed by atoms with Gasteiger partial charge < -0.3 is 14.8 Å². The van der Waals surface area contributed by atoms with Gasteiger partial charge in [-0.05, 0) is 0 Å². The van der Waals surface area contributed by atoms with E-state index in [1.54, 1.807) is 17.5 Å². The third-order valence-corrected chi connectivity index (χ3v) is 2.26. The van der Waals surface area contributed by atoms with Crippen molar-refractivity contribution < 1.29 is 9.52 Å². The van der Waals surface area contributed by atoms with Crippen LogP contribution in [0.1, 0.15) is 10.9 Å². The van der Waals surface area contributed by atoms with Crippen LogP contribution in [0.2, 0.25) is 0 Å². The van der Waals surface area contributed by atoms with E-state index in [2.05, 4.69) is 20.5 Å². The van der Waals surface area contributed by atoms with Crippen LogP contribution >= 0.6 is 11.3 Å². The standard InChI is InChI=1S/C7H8N4O2S/c12-4-5-10-11-7(13-5)9-3-6-8-1-2-14-6/h1-2,12H,3-4H2,(H,9,11). The van der Waals surface area contributed by atoms with E-state index < -0.39 is 0 Å². The number of rotatable bonds is 4. The molecule has 0 saturated carbocycles. The average Bonchev–Trinajstić information content (AvgIpc) is 2.86. The number of aliphatic hydroxyl groups excluding tert-OH is 1. The number of nitrogens with zero attached hydrogens (tertiary/aromatic N) is 3. The lowest BCUT2D eigenvalue weighted by molar-refractivity contribution is 0.241. The molecule has 2 rings (SSSR count). The fraction of sp³-hybridized carbons (Fsp3) is 0.286. The van der Waals surface area contributed by atoms with Gasteiger partial charge in [-0.15, -0.1) is 16.4 Å². The summed E-state index contributed by atoms with van der Waals surface area (Å²) in [5.74, 6) is 0.201. The van der Waals surface area contributed by atoms with Gasteiger partial charge in [0.2, 0.25) is 5.89 Å². The van der Waals surface area contributed by atoms with Crippen molar-refractivity contribution in [1.82, 2.24) is 15.2 Å². The Morgan fingerprint density at radius 1 is 1.50 bits per heavy atom. The van der Waals surface area contributed by atoms with Crippen molar-refractivity contribution in [2.24, 2.45) is 0 Å². The highest BCUT2D eigenvalue weighted by molar-refractivity contribution is 7.09. The number of hydrogen-bond acceptors (Lipinski definition) is 7. The van der Waals surface area contributed by atoms with Gasteiger partial charge in [-0.25, -0.2) is 4.98 Å². The van der Waals surface area contributed by atoms with Gasteiger partial charge in [0.05, 0.1) is 6.54 Å². The lowest BCUT2D eigenvalue weighted by atomic mass is 10.7. The molecule has 0 radical (unpaired) electrons. The highest BCUT2D eigenvalue weighted by Crippen LogP contribution is 2.09. The number of thiazole rings is 1. The molecule has 0 amide bonds. The van der Waals surface area contributed by atoms with Crippen LogP contribution in [0.5, 0.6) is 0 Å². The Balaban J connectivity index is 1.92. The molecule has 2 aromatic heterocycles. The SMILES string of the molecule is OCc1nnc(NCc2nccs2)o1. The van der Waals surface area contributed by atoms with E-state index in [1.807, 2.05) is 5.38 Å². The van der Waals surface area contributed by atoms with Gasteiger partial charge in [0, 0.05) is 11.6 Å². The van der Waals surface area contributed by atoms with Crippen molar-refractivity contribution in [3.63, 3.8) is 0 Å². The summed E-state index contributed by atoms with van der Waals surface area (Å²) in [7, 11) is 0. The summed E-state index contributed by atoms with van der Waals surface area (Å²) in [5.41, 5.74) is 0. The molecule has 2 N–H and O–H groups in total. The Kier molecular flexibility index (Phi) is 2.70. The zero-order chi connectivity index (χ0) is 9.80. The predicted molar refractivity (Wildman–Crippen MR) is 49.7 cm³/mol. The molecule has 2 aromatic rings. The molecular weight excluding hydrogens is 204 g/mol. The zero-order valence-corrected chi connectivity index (χ0v) is 7.99. The number of aromatic nitrogens is 3. The summed E-state index contributed by atoms with van der Waals surface area (Å²) in [4.78, 5) is 4.08. The average molecular weight is 212 g/mol. The van der Waals surface area contributed by atoms with Crippen LogP contribution in [0.3, 0.4) is 0 Å². The Labute approximate surface area is 83.6 Å². The maximum Gasteiger partial charge on any atom is 0.315 e. The monoisotopic (exact) mass is 212 g/mol. The van der Waals surface area contributed by atoms with Gasteiger partial charge in [-0.2, -0.15) is 0 Å². The van der Waals surface area contributed by atoms with Gasteiger partial charge in [0.25, 0.3) is 0 Å². The number of anilines is 1. The first kappa shape index (κ1) is 9.10. The number of hydrogen-bond donors (Lipinski definition) is 2. The normalized spacial score (nSPS) is 10.4. The molecule has 0 aromatic carbocycles. The maximum absolute atomic E-state index is 8.67. The van der Waals surface area contributed by atoms with Gasteiger partial charge in [-0.3, -0.25) is 0 Å². The maximum atomic E-state index is 8.67. The quantitative estimate of drug-likeness (QED) is 0.773. The Morgan fingerprint density at radius 2 is 2.43 bits per heavy atom. The molecule has 0 spiro atoms. The predicted octanol–water partition coefficient (Wildman–Crippen LogP) is 0.631. The minimum Gasteiger partial charge on any atom is -0.406 e. The Morgan fingerprint density at radius 3 is 3.07 bits per heavy atom. The summed E-state index contributed by atoms with van der Waals surface area (Å²) in [6, 6.07) is 0.296. The fourth-order valence-electron chi connectivity index (χ4n) is 0.880. The van der Waals surface area contributed by atoms with E-state index in [0.717, 1.165) is 5.01 Å². The highest BCUT2D eigenvalue weighted by atomic mass is 32.1. The van der Waals surface area contributed by atoms with Crippen molar-refractivity contribution in [2.45, 2.75) is 13.2 Å². The molecule has 0 atom stereocenters. The van der Waals surface area contributed by atoms with Crippen LogP contribution in [0.25, 0.3) is 0 Å². The summed E-state index contributed by atoms with van der Waals surface area (Å²) in [6.45, 7) is 0.302. The molecule has 6 nitrogen and oxygen atoms in total. The Hall–Kier alpha value is -1.47. The van der Waals surface area contributed by atoms with Crippen molar-refractivity contribution >= 4 is 17.4 Å².